The summed E-state index contributed by atoms with van der Waals surface area (Å²) in [5.41, 5.74) is 0.141. The first-order valence-corrected chi connectivity index (χ1v) is 5.15. The highest BCUT2D eigenvalue weighted by molar-refractivity contribution is 5.96. The van der Waals surface area contributed by atoms with Crippen LogP contribution in [0.1, 0.15) is 34.2 Å². The van der Waals surface area contributed by atoms with E-state index in [-0.39, 0.29) is 23.2 Å². The average Bonchev–Trinajstić information content (AvgIpc) is 2.29. The number of hydrogen-bond acceptors (Lipinski definition) is 3. The summed E-state index contributed by atoms with van der Waals surface area (Å²) >= 11 is 0. The van der Waals surface area contributed by atoms with E-state index < -0.39 is 5.97 Å². The van der Waals surface area contributed by atoms with E-state index in [4.69, 9.17) is 5.11 Å². The van der Waals surface area contributed by atoms with E-state index in [1.165, 1.54) is 18.3 Å². The van der Waals surface area contributed by atoms with Crippen LogP contribution in [0.5, 0.6) is 0 Å². The van der Waals surface area contributed by atoms with Crippen molar-refractivity contribution in [2.45, 2.75) is 19.4 Å². The molecule has 1 rings (SSSR count). The fourth-order valence-electron chi connectivity index (χ4n) is 1.30. The molecule has 5 nitrogen and oxygen atoms in total. The van der Waals surface area contributed by atoms with Gasteiger partial charge in [0.1, 0.15) is 5.69 Å². The van der Waals surface area contributed by atoms with Crippen LogP contribution in [0.3, 0.4) is 0 Å². The number of pyridine rings is 1. The molecule has 1 amide bonds. The Morgan fingerprint density at radius 3 is 2.94 bits per heavy atom. The zero-order valence-corrected chi connectivity index (χ0v) is 9.51. The Balaban J connectivity index is 2.78. The summed E-state index contributed by atoms with van der Waals surface area (Å²) in [5.74, 6) is -1.47. The van der Waals surface area contributed by atoms with Crippen molar-refractivity contribution in [3.63, 3.8) is 0 Å². The SMILES string of the molecule is C=CCC(C)NC(=O)c1ccnc(C(=O)O)c1. The summed E-state index contributed by atoms with van der Waals surface area (Å²) in [6.45, 7) is 5.43. The molecule has 0 radical (unpaired) electrons. The van der Waals surface area contributed by atoms with Crippen LogP contribution in [-0.2, 0) is 0 Å². The van der Waals surface area contributed by atoms with Gasteiger partial charge in [0.25, 0.3) is 5.91 Å². The van der Waals surface area contributed by atoms with Crippen LogP contribution in [0.2, 0.25) is 0 Å². The van der Waals surface area contributed by atoms with Gasteiger partial charge in [0.15, 0.2) is 0 Å². The number of carboxylic acid groups (broad SMARTS) is 1. The van der Waals surface area contributed by atoms with Crippen molar-refractivity contribution in [1.82, 2.24) is 10.3 Å². The summed E-state index contributed by atoms with van der Waals surface area (Å²) < 4.78 is 0. The Kier molecular flexibility index (Phi) is 4.39. The third-order valence-corrected chi connectivity index (χ3v) is 2.14. The van der Waals surface area contributed by atoms with Crippen LogP contribution in [0.25, 0.3) is 0 Å². The average molecular weight is 234 g/mol. The van der Waals surface area contributed by atoms with Gasteiger partial charge in [-0.2, -0.15) is 0 Å². The molecule has 5 heteroatoms. The number of nitrogens with one attached hydrogen (secondary N) is 1. The lowest BCUT2D eigenvalue weighted by Crippen LogP contribution is -2.32. The Bertz CT molecular complexity index is 443. The van der Waals surface area contributed by atoms with Gasteiger partial charge < -0.3 is 10.4 Å². The first kappa shape index (κ1) is 12.9. The molecule has 1 unspecified atom stereocenters. The van der Waals surface area contributed by atoms with Crippen LogP contribution in [0, 0.1) is 0 Å². The predicted octanol–water partition coefficient (Wildman–Crippen LogP) is 1.47. The van der Waals surface area contributed by atoms with Crippen LogP contribution < -0.4 is 5.32 Å². The van der Waals surface area contributed by atoms with Gasteiger partial charge in [0.2, 0.25) is 0 Å². The molecule has 0 aliphatic heterocycles. The Morgan fingerprint density at radius 2 is 2.35 bits per heavy atom. The zero-order valence-electron chi connectivity index (χ0n) is 9.51. The molecule has 2 N–H and O–H groups in total. The Morgan fingerprint density at radius 1 is 1.65 bits per heavy atom. The molecule has 0 aliphatic rings. The molecule has 0 fully saturated rings. The van der Waals surface area contributed by atoms with Crippen molar-refractivity contribution in [3.8, 4) is 0 Å². The highest BCUT2D eigenvalue weighted by atomic mass is 16.4. The summed E-state index contributed by atoms with van der Waals surface area (Å²) in [7, 11) is 0. The fraction of sp³-hybridized carbons (Fsp3) is 0.250. The number of carbonyl (C=O) groups is 2. The number of nitrogens with zero attached hydrogens (tertiary/aromatic N) is 1. The van der Waals surface area contributed by atoms with Gasteiger partial charge in [-0.3, -0.25) is 4.79 Å². The van der Waals surface area contributed by atoms with E-state index in [0.717, 1.165) is 0 Å². The first-order chi connectivity index (χ1) is 8.04. The molecule has 90 valence electrons. The van der Waals surface area contributed by atoms with Crippen molar-refractivity contribution in [2.75, 3.05) is 0 Å². The maximum Gasteiger partial charge on any atom is 0.354 e. The molecule has 1 aromatic rings. The molecule has 1 aromatic heterocycles. The predicted molar refractivity (Wildman–Crippen MR) is 62.9 cm³/mol. The second-order valence-electron chi connectivity index (χ2n) is 3.63. The maximum absolute atomic E-state index is 11.7. The fourth-order valence-corrected chi connectivity index (χ4v) is 1.30. The lowest BCUT2D eigenvalue weighted by atomic mass is 10.2. The number of hydrogen-bond donors (Lipinski definition) is 2. The van der Waals surface area contributed by atoms with E-state index in [0.29, 0.717) is 6.42 Å². The smallest absolute Gasteiger partial charge is 0.354 e. The normalized spacial score (nSPS) is 11.6. The lowest BCUT2D eigenvalue weighted by molar-refractivity contribution is 0.0690. The summed E-state index contributed by atoms with van der Waals surface area (Å²) in [6.07, 6.45) is 3.67. The van der Waals surface area contributed by atoms with Crippen molar-refractivity contribution >= 4 is 11.9 Å². The van der Waals surface area contributed by atoms with Gasteiger partial charge in [-0.05, 0) is 25.5 Å². The van der Waals surface area contributed by atoms with Crippen LogP contribution in [0.4, 0.5) is 0 Å². The number of aromatic carboxylic acids is 1. The van der Waals surface area contributed by atoms with E-state index in [2.05, 4.69) is 16.9 Å². The van der Waals surface area contributed by atoms with E-state index in [9.17, 15) is 9.59 Å². The molecular formula is C12H14N2O3. The first-order valence-electron chi connectivity index (χ1n) is 5.15. The molecule has 0 bridgehead atoms. The van der Waals surface area contributed by atoms with Crippen molar-refractivity contribution < 1.29 is 14.7 Å². The van der Waals surface area contributed by atoms with Gasteiger partial charge in [0.05, 0.1) is 0 Å². The Hall–Kier alpha value is -2.17. The molecule has 0 aliphatic carbocycles. The molecule has 17 heavy (non-hydrogen) atoms. The largest absolute Gasteiger partial charge is 0.477 e. The maximum atomic E-state index is 11.7. The van der Waals surface area contributed by atoms with Crippen molar-refractivity contribution in [3.05, 3.63) is 42.2 Å². The Labute approximate surface area is 99.2 Å². The van der Waals surface area contributed by atoms with Crippen molar-refractivity contribution in [1.29, 1.82) is 0 Å². The molecule has 0 spiro atoms. The zero-order chi connectivity index (χ0) is 12.8. The lowest BCUT2D eigenvalue weighted by Gasteiger charge is -2.11. The number of rotatable bonds is 5. The quantitative estimate of drug-likeness (QED) is 0.756. The van der Waals surface area contributed by atoms with Crippen LogP contribution >= 0.6 is 0 Å². The molecule has 0 saturated carbocycles. The van der Waals surface area contributed by atoms with Gasteiger partial charge in [0, 0.05) is 17.8 Å². The second kappa shape index (κ2) is 5.79. The molecule has 1 heterocycles. The van der Waals surface area contributed by atoms with Crippen molar-refractivity contribution in [2.24, 2.45) is 0 Å². The number of amides is 1. The van der Waals surface area contributed by atoms with E-state index >= 15 is 0 Å². The standard InChI is InChI=1S/C12H14N2O3/c1-3-4-8(2)14-11(15)9-5-6-13-10(7-9)12(16)17/h3,5-8H,1,4H2,2H3,(H,14,15)(H,16,17). The van der Waals surface area contributed by atoms with Crippen LogP contribution in [-0.4, -0.2) is 28.0 Å². The van der Waals surface area contributed by atoms with Gasteiger partial charge in [-0.1, -0.05) is 6.08 Å². The molecule has 1 atom stereocenters. The minimum Gasteiger partial charge on any atom is -0.477 e. The number of aromatic nitrogens is 1. The molecule has 0 saturated heterocycles. The van der Waals surface area contributed by atoms with Crippen LogP contribution in [0.15, 0.2) is 31.0 Å². The number of carboxylic acids is 1. The third kappa shape index (κ3) is 3.71. The molecule has 0 aromatic carbocycles. The van der Waals surface area contributed by atoms with Gasteiger partial charge in [-0.15, -0.1) is 6.58 Å². The van der Waals surface area contributed by atoms with Gasteiger partial charge >= 0.3 is 5.97 Å². The van der Waals surface area contributed by atoms with Gasteiger partial charge in [-0.25, -0.2) is 9.78 Å². The number of carbonyl (C=O) groups excluding carboxylic acids is 1. The second-order valence-corrected chi connectivity index (χ2v) is 3.63. The highest BCUT2D eigenvalue weighted by Gasteiger charge is 2.12. The molecular weight excluding hydrogens is 220 g/mol. The summed E-state index contributed by atoms with van der Waals surface area (Å²) in [5, 5.41) is 11.5. The monoisotopic (exact) mass is 234 g/mol. The summed E-state index contributed by atoms with van der Waals surface area (Å²) in [6, 6.07) is 2.68. The summed E-state index contributed by atoms with van der Waals surface area (Å²) in [4.78, 5) is 26.1. The highest BCUT2D eigenvalue weighted by Crippen LogP contribution is 2.03. The van der Waals surface area contributed by atoms with E-state index in [1.54, 1.807) is 6.08 Å². The minimum absolute atomic E-state index is 0.0403. The topological polar surface area (TPSA) is 79.3 Å². The third-order valence-electron chi connectivity index (χ3n) is 2.14. The minimum atomic E-state index is -1.15. The van der Waals surface area contributed by atoms with E-state index in [1.807, 2.05) is 6.92 Å².